The Hall–Kier alpha value is -1.51. The number of rotatable bonds is 6. The van der Waals surface area contributed by atoms with Gasteiger partial charge in [-0.05, 0) is 12.5 Å². The average molecular weight is 224 g/mol. The number of allylic oxidation sites excluding steroid dienone is 1. The summed E-state index contributed by atoms with van der Waals surface area (Å²) in [7, 11) is 0. The fourth-order valence-electron chi connectivity index (χ4n) is 1.36. The van der Waals surface area contributed by atoms with E-state index in [1.54, 1.807) is 24.3 Å². The molecular formula is C13H14F2O. The molecule has 86 valence electrons. The third-order valence-electron chi connectivity index (χ3n) is 2.31. The van der Waals surface area contributed by atoms with E-state index in [0.717, 1.165) is 0 Å². The van der Waals surface area contributed by atoms with Gasteiger partial charge in [-0.25, -0.2) is 8.78 Å². The molecule has 0 unspecified atom stereocenters. The first kappa shape index (κ1) is 12.6. The van der Waals surface area contributed by atoms with E-state index in [4.69, 9.17) is 0 Å². The largest absolute Gasteiger partial charge is 0.294 e. The van der Waals surface area contributed by atoms with Gasteiger partial charge in [-0.2, -0.15) is 0 Å². The zero-order valence-electron chi connectivity index (χ0n) is 8.96. The fraction of sp³-hybridized carbons (Fsp3) is 0.308. The van der Waals surface area contributed by atoms with Gasteiger partial charge in [0.2, 0.25) is 0 Å². The summed E-state index contributed by atoms with van der Waals surface area (Å²) in [5.74, 6) is -2.96. The van der Waals surface area contributed by atoms with Crippen LogP contribution in [0.4, 0.5) is 8.78 Å². The van der Waals surface area contributed by atoms with E-state index in [9.17, 15) is 13.6 Å². The van der Waals surface area contributed by atoms with Crippen LogP contribution < -0.4 is 0 Å². The average Bonchev–Trinajstić information content (AvgIpc) is 2.30. The highest BCUT2D eigenvalue weighted by atomic mass is 19.3. The highest BCUT2D eigenvalue weighted by Crippen LogP contribution is 2.22. The van der Waals surface area contributed by atoms with Crippen LogP contribution in [0.15, 0.2) is 43.0 Å². The summed E-state index contributed by atoms with van der Waals surface area (Å²) in [5, 5.41) is 0. The summed E-state index contributed by atoms with van der Waals surface area (Å²) >= 11 is 0. The predicted octanol–water partition coefficient (Wildman–Crippen LogP) is 3.86. The highest BCUT2D eigenvalue weighted by Gasteiger charge is 2.23. The molecule has 0 aliphatic heterocycles. The van der Waals surface area contributed by atoms with Crippen molar-refractivity contribution in [1.82, 2.24) is 0 Å². The summed E-state index contributed by atoms with van der Waals surface area (Å²) in [6, 6.07) is 8.70. The topological polar surface area (TPSA) is 17.1 Å². The number of carbonyl (C=O) groups is 1. The molecule has 1 aromatic rings. The van der Waals surface area contributed by atoms with E-state index in [2.05, 4.69) is 6.58 Å². The molecule has 0 radical (unpaired) electrons. The van der Waals surface area contributed by atoms with Crippen molar-refractivity contribution in [3.8, 4) is 0 Å². The van der Waals surface area contributed by atoms with Gasteiger partial charge < -0.3 is 0 Å². The summed E-state index contributed by atoms with van der Waals surface area (Å²) in [6.07, 6.45) is 0.620. The van der Waals surface area contributed by atoms with Gasteiger partial charge in [-0.1, -0.05) is 36.9 Å². The van der Waals surface area contributed by atoms with Crippen molar-refractivity contribution in [3.05, 3.63) is 48.6 Å². The molecule has 1 rings (SSSR count). The lowest BCUT2D eigenvalue weighted by atomic mass is 10.0. The van der Waals surface area contributed by atoms with Gasteiger partial charge in [-0.3, -0.25) is 4.79 Å². The Morgan fingerprint density at radius 1 is 1.31 bits per heavy atom. The van der Waals surface area contributed by atoms with Crippen molar-refractivity contribution in [2.75, 3.05) is 0 Å². The molecule has 0 aromatic heterocycles. The maximum atomic E-state index is 12.8. The van der Waals surface area contributed by atoms with E-state index >= 15 is 0 Å². The quantitative estimate of drug-likeness (QED) is 0.529. The van der Waals surface area contributed by atoms with Gasteiger partial charge in [0.15, 0.2) is 5.78 Å². The number of hydrogen-bond donors (Lipinski definition) is 0. The van der Waals surface area contributed by atoms with Crippen molar-refractivity contribution in [2.45, 2.75) is 25.2 Å². The second kappa shape index (κ2) is 5.54. The molecular weight excluding hydrogens is 210 g/mol. The van der Waals surface area contributed by atoms with Crippen LogP contribution in [0.2, 0.25) is 0 Å². The number of hydrogen-bond acceptors (Lipinski definition) is 1. The standard InChI is InChI=1S/C13H14F2O/c1-2-13(14,15)10-6-9-12(16)11-7-4-3-5-8-11/h2-5,7-8H,1,6,9-10H2. The minimum Gasteiger partial charge on any atom is -0.294 e. The lowest BCUT2D eigenvalue weighted by Gasteiger charge is -2.09. The summed E-state index contributed by atoms with van der Waals surface area (Å²) < 4.78 is 25.6. The molecule has 0 N–H and O–H groups in total. The molecule has 0 atom stereocenters. The third kappa shape index (κ3) is 3.93. The van der Waals surface area contributed by atoms with Gasteiger partial charge in [0.05, 0.1) is 0 Å². The second-order valence-electron chi connectivity index (χ2n) is 3.61. The third-order valence-corrected chi connectivity index (χ3v) is 2.31. The lowest BCUT2D eigenvalue weighted by Crippen LogP contribution is -2.12. The van der Waals surface area contributed by atoms with Gasteiger partial charge >= 0.3 is 0 Å². The Bertz CT molecular complexity index is 357. The molecule has 0 saturated carbocycles. The zero-order valence-corrected chi connectivity index (χ0v) is 8.96. The van der Waals surface area contributed by atoms with Crippen LogP contribution in [0, 0.1) is 0 Å². The number of halogens is 2. The maximum Gasteiger partial charge on any atom is 0.266 e. The summed E-state index contributed by atoms with van der Waals surface area (Å²) in [4.78, 5) is 11.5. The molecule has 0 saturated heterocycles. The molecule has 16 heavy (non-hydrogen) atoms. The molecule has 1 nitrogen and oxygen atoms in total. The minimum absolute atomic E-state index is 0.0968. The van der Waals surface area contributed by atoms with Crippen LogP contribution in [0.25, 0.3) is 0 Å². The molecule has 0 aliphatic rings. The first-order valence-electron chi connectivity index (χ1n) is 5.15. The van der Waals surface area contributed by atoms with Crippen LogP contribution in [-0.2, 0) is 0 Å². The summed E-state index contributed by atoms with van der Waals surface area (Å²) in [5.41, 5.74) is 0.574. The summed E-state index contributed by atoms with van der Waals surface area (Å²) in [6.45, 7) is 3.05. The van der Waals surface area contributed by atoms with Crippen LogP contribution in [0.1, 0.15) is 29.6 Å². The minimum atomic E-state index is -2.86. The smallest absolute Gasteiger partial charge is 0.266 e. The van der Waals surface area contributed by atoms with Gasteiger partial charge in [0.25, 0.3) is 5.92 Å². The zero-order chi connectivity index (χ0) is 12.0. The van der Waals surface area contributed by atoms with E-state index in [-0.39, 0.29) is 25.0 Å². The van der Waals surface area contributed by atoms with Crippen LogP contribution in [0.3, 0.4) is 0 Å². The Kier molecular flexibility index (Phi) is 4.35. The van der Waals surface area contributed by atoms with Crippen molar-refractivity contribution in [1.29, 1.82) is 0 Å². The van der Waals surface area contributed by atoms with Gasteiger partial charge in [0.1, 0.15) is 0 Å². The number of alkyl halides is 2. The first-order chi connectivity index (χ1) is 7.55. The molecule has 0 heterocycles. The predicted molar refractivity (Wildman–Crippen MR) is 59.8 cm³/mol. The van der Waals surface area contributed by atoms with Gasteiger partial charge in [-0.15, -0.1) is 0 Å². The lowest BCUT2D eigenvalue weighted by molar-refractivity contribution is 0.0431. The second-order valence-corrected chi connectivity index (χ2v) is 3.61. The van der Waals surface area contributed by atoms with Crippen molar-refractivity contribution in [3.63, 3.8) is 0 Å². The molecule has 3 heteroatoms. The Labute approximate surface area is 93.8 Å². The number of benzene rings is 1. The number of ketones is 1. The number of carbonyl (C=O) groups excluding carboxylic acids is 1. The van der Waals surface area contributed by atoms with Gasteiger partial charge in [0, 0.05) is 18.4 Å². The van der Waals surface area contributed by atoms with E-state index in [1.807, 2.05) is 6.07 Å². The van der Waals surface area contributed by atoms with Crippen LogP contribution in [-0.4, -0.2) is 11.7 Å². The Balaban J connectivity index is 2.40. The maximum absolute atomic E-state index is 12.8. The van der Waals surface area contributed by atoms with Crippen molar-refractivity contribution in [2.24, 2.45) is 0 Å². The molecule has 0 fully saturated rings. The normalized spacial score (nSPS) is 11.1. The molecule has 1 aromatic carbocycles. The SMILES string of the molecule is C=CC(F)(F)CCCC(=O)c1ccccc1. The monoisotopic (exact) mass is 224 g/mol. The fourth-order valence-corrected chi connectivity index (χ4v) is 1.36. The van der Waals surface area contributed by atoms with E-state index in [0.29, 0.717) is 11.6 Å². The van der Waals surface area contributed by atoms with E-state index in [1.165, 1.54) is 0 Å². The van der Waals surface area contributed by atoms with Crippen LogP contribution in [0.5, 0.6) is 0 Å². The molecule has 0 amide bonds. The van der Waals surface area contributed by atoms with Crippen LogP contribution >= 0.6 is 0 Å². The molecule has 0 aliphatic carbocycles. The number of Topliss-reactive ketones (excluding diaryl/α,β-unsaturated/α-hetero) is 1. The highest BCUT2D eigenvalue weighted by molar-refractivity contribution is 5.95. The van der Waals surface area contributed by atoms with Crippen molar-refractivity contribution < 1.29 is 13.6 Å². The first-order valence-corrected chi connectivity index (χ1v) is 5.15. The Morgan fingerprint density at radius 2 is 1.94 bits per heavy atom. The van der Waals surface area contributed by atoms with E-state index < -0.39 is 5.92 Å². The Morgan fingerprint density at radius 3 is 2.50 bits per heavy atom. The molecule has 0 spiro atoms. The molecule has 0 bridgehead atoms. The van der Waals surface area contributed by atoms with Crippen molar-refractivity contribution >= 4 is 5.78 Å².